The summed E-state index contributed by atoms with van der Waals surface area (Å²) in [6, 6.07) is 3.46. The Hall–Kier alpha value is -2.22. The molecule has 2 heterocycles. The summed E-state index contributed by atoms with van der Waals surface area (Å²) in [6.45, 7) is 1.36. The highest BCUT2D eigenvalue weighted by molar-refractivity contribution is 8.01. The first-order chi connectivity index (χ1) is 9.99. The van der Waals surface area contributed by atoms with Crippen LogP contribution < -0.4 is 0 Å². The molecule has 0 spiro atoms. The predicted octanol–water partition coefficient (Wildman–Crippen LogP) is 1.27. The van der Waals surface area contributed by atoms with Crippen molar-refractivity contribution in [2.45, 2.75) is 17.4 Å². The number of nitrogens with zero attached hydrogens (tertiary/aromatic N) is 4. The van der Waals surface area contributed by atoms with E-state index in [9.17, 15) is 9.59 Å². The molecule has 8 heteroatoms. The Kier molecular flexibility index (Phi) is 4.69. The molecule has 2 rings (SSSR count). The molecule has 0 N–H and O–H groups in total. The maximum absolute atomic E-state index is 12.0. The Balaban J connectivity index is 2.18. The molecule has 0 aliphatic rings. The number of carbonyl (C=O) groups excluding carboxylic acids is 2. The number of hydrogen-bond acceptors (Lipinski definition) is 7. The molecule has 0 bridgehead atoms. The average molecular weight is 306 g/mol. The molecule has 110 valence electrons. The van der Waals surface area contributed by atoms with Crippen LogP contribution in [0.3, 0.4) is 0 Å². The van der Waals surface area contributed by atoms with Gasteiger partial charge in [0.15, 0.2) is 11.0 Å². The van der Waals surface area contributed by atoms with Gasteiger partial charge in [-0.05, 0) is 30.8 Å². The summed E-state index contributed by atoms with van der Waals surface area (Å²) in [6.07, 6.45) is 3.22. The summed E-state index contributed by atoms with van der Waals surface area (Å²) < 4.78 is 5.47. The van der Waals surface area contributed by atoms with Crippen molar-refractivity contribution in [1.29, 1.82) is 0 Å². The molecular weight excluding hydrogens is 292 g/mol. The number of rotatable bonds is 5. The summed E-state index contributed by atoms with van der Waals surface area (Å²) in [5.41, 5.74) is 0.725. The Morgan fingerprint density at radius 3 is 2.48 bits per heavy atom. The predicted molar refractivity (Wildman–Crippen MR) is 76.5 cm³/mol. The fraction of sp³-hybridized carbons (Fsp3) is 0.308. The molecule has 2 aromatic heterocycles. The van der Waals surface area contributed by atoms with Gasteiger partial charge >= 0.3 is 0 Å². The normalized spacial score (nSPS) is 12.0. The van der Waals surface area contributed by atoms with Gasteiger partial charge in [-0.25, -0.2) is 0 Å². The molecule has 21 heavy (non-hydrogen) atoms. The van der Waals surface area contributed by atoms with Gasteiger partial charge in [-0.2, -0.15) is 0 Å². The topological polar surface area (TPSA) is 89.2 Å². The summed E-state index contributed by atoms with van der Waals surface area (Å²) in [5, 5.41) is 7.06. The number of Topliss-reactive ketones (excluding diaryl/α,β-unsaturated/α-hetero) is 1. The van der Waals surface area contributed by atoms with Crippen molar-refractivity contribution in [3.8, 4) is 11.5 Å². The van der Waals surface area contributed by atoms with Gasteiger partial charge in [0, 0.05) is 32.1 Å². The minimum Gasteiger partial charge on any atom is -0.411 e. The number of hydrogen-bond donors (Lipinski definition) is 0. The van der Waals surface area contributed by atoms with Crippen molar-refractivity contribution in [3.05, 3.63) is 24.5 Å². The molecule has 0 saturated carbocycles. The third-order valence-electron chi connectivity index (χ3n) is 2.59. The molecular formula is C13H14N4O3S. The molecule has 0 radical (unpaired) electrons. The van der Waals surface area contributed by atoms with Crippen molar-refractivity contribution in [2.24, 2.45) is 0 Å². The highest BCUT2D eigenvalue weighted by Crippen LogP contribution is 2.27. The maximum atomic E-state index is 12.0. The molecule has 1 amide bonds. The number of thioether (sulfide) groups is 1. The molecule has 0 unspecified atom stereocenters. The second-order valence-electron chi connectivity index (χ2n) is 4.45. The van der Waals surface area contributed by atoms with Crippen LogP contribution in [0.1, 0.15) is 6.92 Å². The van der Waals surface area contributed by atoms with E-state index in [2.05, 4.69) is 15.2 Å². The van der Waals surface area contributed by atoms with E-state index in [4.69, 9.17) is 4.42 Å². The van der Waals surface area contributed by atoms with E-state index in [0.717, 1.165) is 17.3 Å². The highest BCUT2D eigenvalue weighted by atomic mass is 32.2. The largest absolute Gasteiger partial charge is 0.411 e. The third kappa shape index (κ3) is 3.66. The molecule has 7 nitrogen and oxygen atoms in total. The minimum absolute atomic E-state index is 0.178. The van der Waals surface area contributed by atoms with E-state index in [0.29, 0.717) is 5.89 Å². The van der Waals surface area contributed by atoms with Crippen LogP contribution in [-0.2, 0) is 9.59 Å². The van der Waals surface area contributed by atoms with Crippen molar-refractivity contribution in [3.63, 3.8) is 0 Å². The Morgan fingerprint density at radius 1 is 1.24 bits per heavy atom. The lowest BCUT2D eigenvalue weighted by Crippen LogP contribution is -2.35. The van der Waals surface area contributed by atoms with Crippen LogP contribution in [0.5, 0.6) is 0 Å². The molecule has 1 atom stereocenters. The highest BCUT2D eigenvalue weighted by Gasteiger charge is 2.28. The summed E-state index contributed by atoms with van der Waals surface area (Å²) in [5.74, 6) is -0.252. The second kappa shape index (κ2) is 6.49. The summed E-state index contributed by atoms with van der Waals surface area (Å²) >= 11 is 0.952. The van der Waals surface area contributed by atoms with Gasteiger partial charge in [-0.15, -0.1) is 10.2 Å². The van der Waals surface area contributed by atoms with Crippen LogP contribution in [0.25, 0.3) is 11.5 Å². The molecule has 0 aliphatic carbocycles. The van der Waals surface area contributed by atoms with Crippen LogP contribution in [0.4, 0.5) is 0 Å². The van der Waals surface area contributed by atoms with Crippen LogP contribution in [0, 0.1) is 0 Å². The van der Waals surface area contributed by atoms with Gasteiger partial charge in [0.05, 0.1) is 0 Å². The monoisotopic (exact) mass is 306 g/mol. The number of amides is 1. The Labute approximate surface area is 125 Å². The lowest BCUT2D eigenvalue weighted by atomic mass is 10.3. The zero-order valence-corrected chi connectivity index (χ0v) is 12.6. The number of ketones is 1. The van der Waals surface area contributed by atoms with Crippen molar-refractivity contribution >= 4 is 23.5 Å². The van der Waals surface area contributed by atoms with Crippen LogP contribution >= 0.6 is 11.8 Å². The minimum atomic E-state index is -0.884. The van der Waals surface area contributed by atoms with Gasteiger partial charge in [0.1, 0.15) is 0 Å². The van der Waals surface area contributed by atoms with Gasteiger partial charge in [-0.1, -0.05) is 0 Å². The maximum Gasteiger partial charge on any atom is 0.278 e. The summed E-state index contributed by atoms with van der Waals surface area (Å²) in [4.78, 5) is 28.8. The fourth-order valence-electron chi connectivity index (χ4n) is 1.51. The Bertz CT molecular complexity index is 642. The lowest BCUT2D eigenvalue weighted by Gasteiger charge is -2.15. The van der Waals surface area contributed by atoms with Crippen LogP contribution in [0.2, 0.25) is 0 Å². The summed E-state index contributed by atoms with van der Waals surface area (Å²) in [7, 11) is 3.18. The van der Waals surface area contributed by atoms with Gasteiger partial charge < -0.3 is 9.32 Å². The standard InChI is InChI=1S/C13H14N4O3S/c1-8(18)10(12(19)17(2)3)21-13-16-15-11(20-13)9-4-6-14-7-5-9/h4-7,10H,1-3H3/t10-/m0/s1. The average Bonchev–Trinajstić information content (AvgIpc) is 2.93. The zero-order valence-electron chi connectivity index (χ0n) is 11.8. The number of aromatic nitrogens is 3. The molecule has 0 aromatic carbocycles. The smallest absolute Gasteiger partial charge is 0.278 e. The van der Waals surface area contributed by atoms with E-state index in [-0.39, 0.29) is 16.9 Å². The quantitative estimate of drug-likeness (QED) is 0.607. The van der Waals surface area contributed by atoms with E-state index in [1.165, 1.54) is 11.8 Å². The third-order valence-corrected chi connectivity index (χ3v) is 3.72. The first-order valence-electron chi connectivity index (χ1n) is 6.11. The lowest BCUT2D eigenvalue weighted by molar-refractivity contribution is -0.132. The first kappa shape index (κ1) is 15.2. The fourth-order valence-corrected chi connectivity index (χ4v) is 2.41. The van der Waals surface area contributed by atoms with Crippen LogP contribution in [0.15, 0.2) is 34.2 Å². The second-order valence-corrected chi connectivity index (χ2v) is 5.51. The van der Waals surface area contributed by atoms with Gasteiger partial charge in [-0.3, -0.25) is 14.6 Å². The van der Waals surface area contributed by atoms with Crippen LogP contribution in [-0.4, -0.2) is 51.1 Å². The van der Waals surface area contributed by atoms with E-state index in [1.807, 2.05) is 0 Å². The van der Waals surface area contributed by atoms with E-state index >= 15 is 0 Å². The van der Waals surface area contributed by atoms with Crippen molar-refractivity contribution in [2.75, 3.05) is 14.1 Å². The molecule has 0 fully saturated rings. The van der Waals surface area contributed by atoms with E-state index < -0.39 is 5.25 Å². The van der Waals surface area contributed by atoms with Gasteiger partial charge in [0.25, 0.3) is 5.22 Å². The molecule has 0 aliphatic heterocycles. The van der Waals surface area contributed by atoms with Crippen molar-refractivity contribution in [1.82, 2.24) is 20.1 Å². The van der Waals surface area contributed by atoms with Gasteiger partial charge in [0.2, 0.25) is 11.8 Å². The number of pyridine rings is 1. The SMILES string of the molecule is CC(=O)[C@H](Sc1nnc(-c2ccncc2)o1)C(=O)N(C)C. The van der Waals surface area contributed by atoms with Crippen molar-refractivity contribution < 1.29 is 14.0 Å². The first-order valence-corrected chi connectivity index (χ1v) is 6.99. The number of carbonyl (C=O) groups is 2. The Morgan fingerprint density at radius 2 is 1.90 bits per heavy atom. The zero-order chi connectivity index (χ0) is 15.4. The molecule has 2 aromatic rings. The molecule has 0 saturated heterocycles. The van der Waals surface area contributed by atoms with E-state index in [1.54, 1.807) is 38.6 Å².